The van der Waals surface area contributed by atoms with E-state index in [1.54, 1.807) is 23.2 Å². The normalized spacial score (nSPS) is 19.5. The second kappa shape index (κ2) is 7.32. The molecule has 2 aliphatic rings. The Morgan fingerprint density at radius 2 is 2.11 bits per heavy atom. The van der Waals surface area contributed by atoms with Gasteiger partial charge in [0.1, 0.15) is 0 Å². The molecule has 1 aliphatic carbocycles. The van der Waals surface area contributed by atoms with Crippen molar-refractivity contribution < 1.29 is 0 Å². The molecule has 6 heteroatoms. The van der Waals surface area contributed by atoms with Crippen LogP contribution in [0.15, 0.2) is 59.3 Å². The molecule has 3 N–H and O–H groups in total. The van der Waals surface area contributed by atoms with Gasteiger partial charge in [-0.1, -0.05) is 12.1 Å². The van der Waals surface area contributed by atoms with Crippen molar-refractivity contribution in [3.8, 4) is 0 Å². The minimum Gasteiger partial charge on any atom is -0.393 e. The Kier molecular flexibility index (Phi) is 4.73. The Bertz CT molecular complexity index is 1040. The number of hydrogen-bond acceptors (Lipinski definition) is 5. The lowest BCUT2D eigenvalue weighted by molar-refractivity contribution is 0.359. The number of allylic oxidation sites excluding steroid dienone is 5. The molecule has 0 spiro atoms. The fraction of sp³-hybridized carbons (Fsp3) is 0.286. The van der Waals surface area contributed by atoms with Crippen LogP contribution in [0.4, 0.5) is 0 Å². The van der Waals surface area contributed by atoms with E-state index in [0.29, 0.717) is 16.6 Å². The second-order valence-corrected chi connectivity index (χ2v) is 6.91. The number of piperidine rings is 1. The van der Waals surface area contributed by atoms with Gasteiger partial charge in [0, 0.05) is 24.9 Å². The molecule has 2 aromatic rings. The lowest BCUT2D eigenvalue weighted by Crippen LogP contribution is -2.34. The van der Waals surface area contributed by atoms with Gasteiger partial charge in [-0.2, -0.15) is 0 Å². The SMILES string of the molecule is CN/C=C1/C=C(c2ccc3ncn(C4CCNCC4)c(=O)c3c2)C=CC1=N. The number of hydrogen-bond donors (Lipinski definition) is 3. The van der Waals surface area contributed by atoms with Gasteiger partial charge in [0.15, 0.2) is 0 Å². The average Bonchev–Trinajstić information content (AvgIpc) is 2.71. The first-order valence-corrected chi connectivity index (χ1v) is 9.25. The molecule has 27 heavy (non-hydrogen) atoms. The Morgan fingerprint density at radius 1 is 1.30 bits per heavy atom. The third kappa shape index (κ3) is 3.36. The van der Waals surface area contributed by atoms with E-state index < -0.39 is 0 Å². The number of fused-ring (bicyclic) bond motifs is 1. The van der Waals surface area contributed by atoms with Crippen molar-refractivity contribution in [1.29, 1.82) is 5.41 Å². The average molecular weight is 361 g/mol. The maximum atomic E-state index is 13.1. The predicted molar refractivity (Wildman–Crippen MR) is 109 cm³/mol. The summed E-state index contributed by atoms with van der Waals surface area (Å²) < 4.78 is 1.79. The maximum Gasteiger partial charge on any atom is 0.261 e. The van der Waals surface area contributed by atoms with Crippen molar-refractivity contribution in [2.24, 2.45) is 0 Å². The maximum absolute atomic E-state index is 13.1. The first-order chi connectivity index (χ1) is 13.2. The van der Waals surface area contributed by atoms with Gasteiger partial charge in [0.05, 0.1) is 22.9 Å². The number of nitrogens with zero attached hydrogens (tertiary/aromatic N) is 2. The molecule has 1 aromatic heterocycles. The second-order valence-electron chi connectivity index (χ2n) is 6.91. The van der Waals surface area contributed by atoms with Crippen molar-refractivity contribution >= 4 is 22.2 Å². The topological polar surface area (TPSA) is 82.8 Å². The number of benzene rings is 1. The van der Waals surface area contributed by atoms with Crippen molar-refractivity contribution in [2.45, 2.75) is 18.9 Å². The molecule has 2 heterocycles. The van der Waals surface area contributed by atoms with Crippen molar-refractivity contribution in [2.75, 3.05) is 20.1 Å². The monoisotopic (exact) mass is 361 g/mol. The molecule has 0 saturated carbocycles. The molecular formula is C21H23N5O. The molecule has 6 nitrogen and oxygen atoms in total. The highest BCUT2D eigenvalue weighted by Gasteiger charge is 2.18. The fourth-order valence-electron chi connectivity index (χ4n) is 3.68. The van der Waals surface area contributed by atoms with E-state index in [-0.39, 0.29) is 11.6 Å². The van der Waals surface area contributed by atoms with E-state index in [9.17, 15) is 4.79 Å². The fourth-order valence-corrected chi connectivity index (χ4v) is 3.68. The van der Waals surface area contributed by atoms with E-state index in [0.717, 1.165) is 42.6 Å². The van der Waals surface area contributed by atoms with Crippen LogP contribution < -0.4 is 16.2 Å². The predicted octanol–water partition coefficient (Wildman–Crippen LogP) is 2.40. The number of aromatic nitrogens is 2. The van der Waals surface area contributed by atoms with Crippen LogP contribution >= 0.6 is 0 Å². The largest absolute Gasteiger partial charge is 0.393 e. The van der Waals surface area contributed by atoms with Crippen LogP contribution in [0.1, 0.15) is 24.4 Å². The zero-order valence-corrected chi connectivity index (χ0v) is 15.3. The van der Waals surface area contributed by atoms with Crippen LogP contribution in [-0.4, -0.2) is 35.4 Å². The van der Waals surface area contributed by atoms with Crippen molar-refractivity contribution in [1.82, 2.24) is 20.2 Å². The smallest absolute Gasteiger partial charge is 0.261 e. The molecule has 4 rings (SSSR count). The van der Waals surface area contributed by atoms with E-state index >= 15 is 0 Å². The number of nitrogens with one attached hydrogen (secondary N) is 3. The highest BCUT2D eigenvalue weighted by molar-refractivity contribution is 6.13. The molecule has 0 bridgehead atoms. The van der Waals surface area contributed by atoms with E-state index in [4.69, 9.17) is 5.41 Å². The first kappa shape index (κ1) is 17.4. The Balaban J connectivity index is 1.77. The van der Waals surface area contributed by atoms with Gasteiger partial charge in [0.2, 0.25) is 0 Å². The minimum absolute atomic E-state index is 0.0212. The quantitative estimate of drug-likeness (QED) is 0.784. The number of rotatable bonds is 3. The molecule has 0 unspecified atom stereocenters. The molecule has 1 aliphatic heterocycles. The van der Waals surface area contributed by atoms with Gasteiger partial charge >= 0.3 is 0 Å². The summed E-state index contributed by atoms with van der Waals surface area (Å²) in [5.41, 5.74) is 3.94. The van der Waals surface area contributed by atoms with E-state index in [1.807, 2.05) is 37.4 Å². The Hall–Kier alpha value is -2.99. The molecule has 0 radical (unpaired) electrons. The lowest BCUT2D eigenvalue weighted by atomic mass is 9.95. The Labute approximate surface area is 157 Å². The molecule has 1 aromatic carbocycles. The third-order valence-corrected chi connectivity index (χ3v) is 5.17. The molecule has 138 valence electrons. The van der Waals surface area contributed by atoms with Gasteiger partial charge in [-0.3, -0.25) is 9.36 Å². The summed E-state index contributed by atoms with van der Waals surface area (Å²) in [5, 5.41) is 14.9. The van der Waals surface area contributed by atoms with Gasteiger partial charge in [-0.15, -0.1) is 0 Å². The highest BCUT2D eigenvalue weighted by atomic mass is 16.1. The lowest BCUT2D eigenvalue weighted by Gasteiger charge is -2.24. The summed E-state index contributed by atoms with van der Waals surface area (Å²) in [5.74, 6) is 0. The van der Waals surface area contributed by atoms with Crippen LogP contribution in [0, 0.1) is 5.41 Å². The molecular weight excluding hydrogens is 338 g/mol. The van der Waals surface area contributed by atoms with Crippen LogP contribution in [0.2, 0.25) is 0 Å². The van der Waals surface area contributed by atoms with Gasteiger partial charge in [0.25, 0.3) is 5.56 Å². The third-order valence-electron chi connectivity index (χ3n) is 5.17. The van der Waals surface area contributed by atoms with Crippen molar-refractivity contribution in [3.63, 3.8) is 0 Å². The molecule has 0 atom stereocenters. The molecule has 1 saturated heterocycles. The Morgan fingerprint density at radius 3 is 2.89 bits per heavy atom. The van der Waals surface area contributed by atoms with Crippen LogP contribution in [0.5, 0.6) is 0 Å². The zero-order chi connectivity index (χ0) is 18.8. The summed E-state index contributed by atoms with van der Waals surface area (Å²) >= 11 is 0. The standard InChI is InChI=1S/C21H23N5O/c1-23-12-16-10-14(2-4-19(16)22)15-3-5-20-18(11-15)21(27)26(13-25-20)17-6-8-24-9-7-17/h2-5,10-13,17,22-24H,6-9H2,1H3/b16-12-,22-19?. The molecule has 1 fully saturated rings. The van der Waals surface area contributed by atoms with Gasteiger partial charge in [-0.25, -0.2) is 4.98 Å². The van der Waals surface area contributed by atoms with E-state index in [1.165, 1.54) is 0 Å². The summed E-state index contributed by atoms with van der Waals surface area (Å²) in [6.45, 7) is 1.86. The summed E-state index contributed by atoms with van der Waals surface area (Å²) in [4.78, 5) is 17.6. The zero-order valence-electron chi connectivity index (χ0n) is 15.3. The summed E-state index contributed by atoms with van der Waals surface area (Å²) in [6.07, 6.45) is 11.0. The van der Waals surface area contributed by atoms with E-state index in [2.05, 4.69) is 15.6 Å². The molecule has 0 amide bonds. The van der Waals surface area contributed by atoms with Crippen LogP contribution in [-0.2, 0) is 0 Å². The highest BCUT2D eigenvalue weighted by Crippen LogP contribution is 2.25. The minimum atomic E-state index is 0.0212. The first-order valence-electron chi connectivity index (χ1n) is 9.25. The summed E-state index contributed by atoms with van der Waals surface area (Å²) in [7, 11) is 1.82. The van der Waals surface area contributed by atoms with Crippen LogP contribution in [0.3, 0.4) is 0 Å². The van der Waals surface area contributed by atoms with Gasteiger partial charge in [-0.05, 0) is 61.4 Å². The summed E-state index contributed by atoms with van der Waals surface area (Å²) in [6, 6.07) is 6.00. The van der Waals surface area contributed by atoms with Crippen LogP contribution in [0.25, 0.3) is 16.5 Å². The van der Waals surface area contributed by atoms with Gasteiger partial charge < -0.3 is 16.0 Å². The van der Waals surface area contributed by atoms with Crippen molar-refractivity contribution in [3.05, 3.63) is 70.4 Å².